The minimum atomic E-state index is -0.0329. The zero-order valence-corrected chi connectivity index (χ0v) is 15.9. The highest BCUT2D eigenvalue weighted by Gasteiger charge is 2.33. The molecule has 5 heteroatoms. The fourth-order valence-corrected chi connectivity index (χ4v) is 3.94. The number of amides is 1. The molecule has 0 saturated carbocycles. The minimum absolute atomic E-state index is 0.0141. The maximum absolute atomic E-state index is 13.2. The van der Waals surface area contributed by atoms with Crippen LogP contribution in [-0.2, 0) is 0 Å². The highest BCUT2D eigenvalue weighted by Crippen LogP contribution is 2.34. The van der Waals surface area contributed by atoms with E-state index in [9.17, 15) is 9.59 Å². The average Bonchev–Trinajstić information content (AvgIpc) is 3.20. The molecule has 3 rings (SSSR count). The number of aromatic amines is 1. The summed E-state index contributed by atoms with van der Waals surface area (Å²) >= 11 is 0. The normalized spacial score (nSPS) is 16.8. The molecule has 138 valence electrons. The predicted molar refractivity (Wildman–Crippen MR) is 101 cm³/mol. The van der Waals surface area contributed by atoms with Crippen LogP contribution < -0.4 is 4.74 Å². The molecule has 0 radical (unpaired) electrons. The summed E-state index contributed by atoms with van der Waals surface area (Å²) < 4.78 is 5.50. The van der Waals surface area contributed by atoms with Crippen molar-refractivity contribution in [2.75, 3.05) is 13.2 Å². The molecule has 0 unspecified atom stereocenters. The number of nitrogens with zero attached hydrogens (tertiary/aromatic N) is 1. The van der Waals surface area contributed by atoms with E-state index in [0.29, 0.717) is 17.9 Å². The second kappa shape index (κ2) is 7.36. The van der Waals surface area contributed by atoms with Gasteiger partial charge in [0.15, 0.2) is 5.78 Å². The van der Waals surface area contributed by atoms with Gasteiger partial charge in [-0.2, -0.15) is 0 Å². The average molecular weight is 354 g/mol. The molecule has 0 bridgehead atoms. The Morgan fingerprint density at radius 2 is 1.92 bits per heavy atom. The van der Waals surface area contributed by atoms with Crippen molar-refractivity contribution in [3.63, 3.8) is 0 Å². The Balaban J connectivity index is 1.87. The van der Waals surface area contributed by atoms with Crippen LogP contribution in [0, 0.1) is 13.8 Å². The van der Waals surface area contributed by atoms with Gasteiger partial charge in [0.05, 0.1) is 12.6 Å². The number of ketones is 1. The number of likely N-dealkylation sites (tertiary alicyclic amines) is 1. The molecular weight excluding hydrogens is 328 g/mol. The lowest BCUT2D eigenvalue weighted by Gasteiger charge is -2.25. The summed E-state index contributed by atoms with van der Waals surface area (Å²) in [6, 6.07) is 8.04. The molecule has 1 fully saturated rings. The van der Waals surface area contributed by atoms with E-state index in [4.69, 9.17) is 4.74 Å². The first kappa shape index (κ1) is 18.2. The van der Waals surface area contributed by atoms with Crippen LogP contribution in [0.1, 0.15) is 70.4 Å². The number of benzene rings is 1. The molecule has 2 aromatic rings. The number of rotatable bonds is 5. The molecule has 1 N–H and O–H groups in total. The van der Waals surface area contributed by atoms with Crippen molar-refractivity contribution >= 4 is 11.7 Å². The van der Waals surface area contributed by atoms with Gasteiger partial charge < -0.3 is 14.6 Å². The van der Waals surface area contributed by atoms with Gasteiger partial charge in [0.2, 0.25) is 0 Å². The maximum atomic E-state index is 13.2. The number of Topliss-reactive ketones (excluding diaryl/α,β-unsaturated/α-hetero) is 1. The molecule has 1 aromatic heterocycles. The van der Waals surface area contributed by atoms with Gasteiger partial charge in [0.1, 0.15) is 11.4 Å². The van der Waals surface area contributed by atoms with Gasteiger partial charge in [-0.1, -0.05) is 12.1 Å². The van der Waals surface area contributed by atoms with Gasteiger partial charge in [0, 0.05) is 17.8 Å². The fourth-order valence-electron chi connectivity index (χ4n) is 3.94. The van der Waals surface area contributed by atoms with E-state index in [2.05, 4.69) is 4.98 Å². The zero-order valence-electron chi connectivity index (χ0n) is 15.9. The molecule has 1 saturated heterocycles. The van der Waals surface area contributed by atoms with E-state index >= 15 is 0 Å². The molecule has 2 heterocycles. The second-order valence-electron chi connectivity index (χ2n) is 6.84. The fraction of sp³-hybridized carbons (Fsp3) is 0.429. The number of aryl methyl sites for hydroxylation is 1. The van der Waals surface area contributed by atoms with Crippen LogP contribution >= 0.6 is 0 Å². The molecule has 26 heavy (non-hydrogen) atoms. The smallest absolute Gasteiger partial charge is 0.271 e. The first-order valence-electron chi connectivity index (χ1n) is 9.17. The Labute approximate surface area is 154 Å². The molecular formula is C21H26N2O3. The first-order chi connectivity index (χ1) is 12.4. The number of H-pyrrole nitrogens is 1. The molecule has 1 atom stereocenters. The van der Waals surface area contributed by atoms with Crippen LogP contribution in [0.5, 0.6) is 5.75 Å². The van der Waals surface area contributed by atoms with Crippen LogP contribution in [0.4, 0.5) is 0 Å². The van der Waals surface area contributed by atoms with E-state index < -0.39 is 0 Å². The van der Waals surface area contributed by atoms with Crippen molar-refractivity contribution in [1.29, 1.82) is 0 Å². The molecule has 5 nitrogen and oxygen atoms in total. The molecule has 0 aliphatic carbocycles. The van der Waals surface area contributed by atoms with Crippen LogP contribution in [0.3, 0.4) is 0 Å². The lowest BCUT2D eigenvalue weighted by Crippen LogP contribution is -2.31. The minimum Gasteiger partial charge on any atom is -0.494 e. The Morgan fingerprint density at radius 1 is 1.23 bits per heavy atom. The number of nitrogens with one attached hydrogen (secondary N) is 1. The van der Waals surface area contributed by atoms with Gasteiger partial charge in [-0.05, 0) is 63.8 Å². The largest absolute Gasteiger partial charge is 0.494 e. The highest BCUT2D eigenvalue weighted by atomic mass is 16.5. The van der Waals surface area contributed by atoms with E-state index in [1.54, 1.807) is 0 Å². The Bertz CT molecular complexity index is 821. The summed E-state index contributed by atoms with van der Waals surface area (Å²) in [5.74, 6) is 0.795. The standard InChI is InChI=1S/C21H26N2O3/c1-5-26-17-10-8-16(9-11-17)18-7-6-12-23(18)21(25)20-13(2)19(15(4)24)14(3)22-20/h8-11,18,22H,5-7,12H2,1-4H3/t18-/m0/s1. The summed E-state index contributed by atoms with van der Waals surface area (Å²) in [4.78, 5) is 30.1. The number of ether oxygens (including phenoxy) is 1. The number of hydrogen-bond donors (Lipinski definition) is 1. The number of carbonyl (C=O) groups excluding carboxylic acids is 2. The van der Waals surface area contributed by atoms with Crippen LogP contribution in [0.15, 0.2) is 24.3 Å². The molecule has 1 aliphatic rings. The van der Waals surface area contributed by atoms with Gasteiger partial charge in [-0.15, -0.1) is 0 Å². The Kier molecular flexibility index (Phi) is 5.16. The quantitative estimate of drug-likeness (QED) is 0.818. The molecule has 1 amide bonds. The van der Waals surface area contributed by atoms with Gasteiger partial charge >= 0.3 is 0 Å². The maximum Gasteiger partial charge on any atom is 0.271 e. The second-order valence-corrected chi connectivity index (χ2v) is 6.84. The van der Waals surface area contributed by atoms with E-state index in [1.165, 1.54) is 6.92 Å². The third-order valence-corrected chi connectivity index (χ3v) is 5.09. The van der Waals surface area contributed by atoms with Crippen molar-refractivity contribution in [3.05, 3.63) is 52.3 Å². The number of hydrogen-bond acceptors (Lipinski definition) is 3. The third kappa shape index (κ3) is 3.26. The van der Waals surface area contributed by atoms with Crippen molar-refractivity contribution in [3.8, 4) is 5.75 Å². The van der Waals surface area contributed by atoms with Gasteiger partial charge in [-0.3, -0.25) is 9.59 Å². The third-order valence-electron chi connectivity index (χ3n) is 5.09. The Hall–Kier alpha value is -2.56. The summed E-state index contributed by atoms with van der Waals surface area (Å²) in [6.07, 6.45) is 1.92. The lowest BCUT2D eigenvalue weighted by molar-refractivity contribution is 0.0729. The summed E-state index contributed by atoms with van der Waals surface area (Å²) in [7, 11) is 0. The first-order valence-corrected chi connectivity index (χ1v) is 9.17. The van der Waals surface area contributed by atoms with Crippen LogP contribution in [0.25, 0.3) is 0 Å². The van der Waals surface area contributed by atoms with Crippen LogP contribution in [-0.4, -0.2) is 34.7 Å². The topological polar surface area (TPSA) is 62.4 Å². The van der Waals surface area contributed by atoms with Crippen molar-refractivity contribution in [2.45, 2.75) is 46.6 Å². The molecule has 1 aliphatic heterocycles. The summed E-state index contributed by atoms with van der Waals surface area (Å²) in [6.45, 7) is 8.54. The monoisotopic (exact) mass is 354 g/mol. The SMILES string of the molecule is CCOc1ccc([C@@H]2CCCN2C(=O)c2[nH]c(C)c(C(C)=O)c2C)cc1. The molecule has 1 aromatic carbocycles. The van der Waals surface area contributed by atoms with E-state index in [0.717, 1.165) is 42.0 Å². The highest BCUT2D eigenvalue weighted by molar-refractivity contribution is 6.02. The summed E-state index contributed by atoms with van der Waals surface area (Å²) in [5.41, 5.74) is 3.79. The van der Waals surface area contributed by atoms with Crippen molar-refractivity contribution in [1.82, 2.24) is 9.88 Å². The Morgan fingerprint density at radius 3 is 2.50 bits per heavy atom. The zero-order chi connectivity index (χ0) is 18.8. The van der Waals surface area contributed by atoms with E-state index in [-0.39, 0.29) is 17.7 Å². The molecule has 0 spiro atoms. The lowest BCUT2D eigenvalue weighted by atomic mass is 10.0. The summed E-state index contributed by atoms with van der Waals surface area (Å²) in [5, 5.41) is 0. The van der Waals surface area contributed by atoms with Crippen molar-refractivity contribution < 1.29 is 14.3 Å². The van der Waals surface area contributed by atoms with Gasteiger partial charge in [-0.25, -0.2) is 0 Å². The van der Waals surface area contributed by atoms with E-state index in [1.807, 2.05) is 49.9 Å². The van der Waals surface area contributed by atoms with Crippen molar-refractivity contribution in [2.24, 2.45) is 0 Å². The van der Waals surface area contributed by atoms with Gasteiger partial charge in [0.25, 0.3) is 5.91 Å². The number of aromatic nitrogens is 1. The number of carbonyl (C=O) groups is 2. The predicted octanol–water partition coefficient (Wildman–Crippen LogP) is 4.21. The van der Waals surface area contributed by atoms with Crippen LogP contribution in [0.2, 0.25) is 0 Å².